The van der Waals surface area contributed by atoms with Crippen molar-refractivity contribution in [2.75, 3.05) is 25.9 Å². The normalized spacial score (nSPS) is 12.1. The molecule has 0 aliphatic heterocycles. The van der Waals surface area contributed by atoms with Crippen LogP contribution in [0.25, 0.3) is 0 Å². The van der Waals surface area contributed by atoms with Gasteiger partial charge in [0.15, 0.2) is 5.96 Å². The quantitative estimate of drug-likeness (QED) is 0.248. The van der Waals surface area contributed by atoms with Gasteiger partial charge < -0.3 is 10.6 Å². The summed E-state index contributed by atoms with van der Waals surface area (Å²) in [7, 11) is 0.890. The minimum atomic E-state index is -0.867. The lowest BCUT2D eigenvalue weighted by Gasteiger charge is -2.11. The van der Waals surface area contributed by atoms with Crippen LogP contribution >= 0.6 is 24.0 Å². The van der Waals surface area contributed by atoms with E-state index in [0.29, 0.717) is 18.1 Å². The molecular weight excluding hydrogens is 457 g/mol. The highest BCUT2D eigenvalue weighted by Gasteiger charge is 2.03. The Morgan fingerprint density at radius 3 is 2.12 bits per heavy atom. The van der Waals surface area contributed by atoms with E-state index in [0.717, 1.165) is 30.9 Å². The first-order valence-corrected chi connectivity index (χ1v) is 10.1. The molecule has 0 saturated heterocycles. The van der Waals surface area contributed by atoms with Crippen molar-refractivity contribution in [2.45, 2.75) is 18.6 Å². The highest BCUT2D eigenvalue weighted by atomic mass is 127. The second-order valence-electron chi connectivity index (χ2n) is 5.79. The minimum absolute atomic E-state index is 0. The van der Waals surface area contributed by atoms with Crippen molar-refractivity contribution in [3.63, 3.8) is 0 Å². The maximum atomic E-state index is 12.1. The van der Waals surface area contributed by atoms with Gasteiger partial charge in [0, 0.05) is 42.4 Å². The fourth-order valence-electron chi connectivity index (χ4n) is 2.48. The van der Waals surface area contributed by atoms with E-state index in [1.54, 1.807) is 7.05 Å². The molecule has 1 atom stereocenters. The van der Waals surface area contributed by atoms with Crippen LogP contribution in [-0.2, 0) is 23.0 Å². The summed E-state index contributed by atoms with van der Waals surface area (Å²) in [6.45, 7) is 1.51. The van der Waals surface area contributed by atoms with Gasteiger partial charge in [-0.25, -0.2) is 0 Å². The van der Waals surface area contributed by atoms with E-state index in [2.05, 4.69) is 39.9 Å². The molecule has 0 aliphatic carbocycles. The second-order valence-corrected chi connectivity index (χ2v) is 7.37. The van der Waals surface area contributed by atoms with E-state index in [4.69, 9.17) is 0 Å². The van der Waals surface area contributed by atoms with Gasteiger partial charge in [0.2, 0.25) is 0 Å². The molecule has 0 radical (unpaired) electrons. The lowest BCUT2D eigenvalue weighted by molar-refractivity contribution is 0.680. The van der Waals surface area contributed by atoms with Crippen molar-refractivity contribution in [1.29, 1.82) is 0 Å². The van der Waals surface area contributed by atoms with Crippen LogP contribution in [0.3, 0.4) is 0 Å². The highest BCUT2D eigenvalue weighted by Crippen LogP contribution is 2.03. The van der Waals surface area contributed by atoms with Crippen LogP contribution in [0.4, 0.5) is 0 Å². The molecule has 142 valence electrons. The number of hydrogen-bond donors (Lipinski definition) is 2. The van der Waals surface area contributed by atoms with E-state index in [9.17, 15) is 4.21 Å². The van der Waals surface area contributed by atoms with Gasteiger partial charge in [-0.15, -0.1) is 24.0 Å². The van der Waals surface area contributed by atoms with Gasteiger partial charge in [0.1, 0.15) is 0 Å². The highest BCUT2D eigenvalue weighted by molar-refractivity contribution is 14.0. The Bertz CT molecular complexity index is 665. The molecule has 2 N–H and O–H groups in total. The molecule has 4 nitrogen and oxygen atoms in total. The molecular formula is C20H28IN3OS. The molecule has 0 bridgehead atoms. The zero-order valence-corrected chi connectivity index (χ0v) is 18.3. The first-order valence-electron chi connectivity index (χ1n) is 8.65. The van der Waals surface area contributed by atoms with Crippen LogP contribution in [-0.4, -0.2) is 36.1 Å². The van der Waals surface area contributed by atoms with Crippen molar-refractivity contribution in [1.82, 2.24) is 10.6 Å². The zero-order valence-electron chi connectivity index (χ0n) is 15.2. The van der Waals surface area contributed by atoms with Gasteiger partial charge >= 0.3 is 0 Å². The lowest BCUT2D eigenvalue weighted by atomic mass is 10.1. The van der Waals surface area contributed by atoms with E-state index in [1.165, 1.54) is 5.56 Å². The predicted octanol–water partition coefficient (Wildman–Crippen LogP) is 3.35. The fourth-order valence-corrected chi connectivity index (χ4v) is 3.52. The predicted molar refractivity (Wildman–Crippen MR) is 123 cm³/mol. The third kappa shape index (κ3) is 9.33. The number of hydrogen-bond acceptors (Lipinski definition) is 2. The van der Waals surface area contributed by atoms with Crippen LogP contribution < -0.4 is 10.6 Å². The average Bonchev–Trinajstić information content (AvgIpc) is 2.65. The van der Waals surface area contributed by atoms with Gasteiger partial charge in [-0.05, 0) is 24.0 Å². The van der Waals surface area contributed by atoms with Gasteiger partial charge in [0.25, 0.3) is 0 Å². The first-order chi connectivity index (χ1) is 12.3. The number of nitrogens with one attached hydrogen (secondary N) is 2. The van der Waals surface area contributed by atoms with Gasteiger partial charge in [-0.3, -0.25) is 9.20 Å². The van der Waals surface area contributed by atoms with Crippen LogP contribution in [0.15, 0.2) is 65.7 Å². The summed E-state index contributed by atoms with van der Waals surface area (Å²) in [5, 5.41) is 6.53. The van der Waals surface area contributed by atoms with Crippen LogP contribution in [0.1, 0.15) is 17.5 Å². The third-order valence-electron chi connectivity index (χ3n) is 3.79. The second kappa shape index (κ2) is 13.7. The standard InChI is InChI=1S/C20H27N3OS.HI/c1-21-20(22-14-8-13-18-9-4-2-5-10-18)23-15-16-25(24)17-19-11-6-3-7-12-19;/h2-7,9-12H,8,13-17H2,1H3,(H2,21,22,23);1H. The Labute approximate surface area is 176 Å². The summed E-state index contributed by atoms with van der Waals surface area (Å²) in [5.74, 6) is 1.98. The van der Waals surface area contributed by atoms with E-state index >= 15 is 0 Å². The topological polar surface area (TPSA) is 53.5 Å². The van der Waals surface area contributed by atoms with E-state index in [-0.39, 0.29) is 24.0 Å². The van der Waals surface area contributed by atoms with E-state index < -0.39 is 10.8 Å². The van der Waals surface area contributed by atoms with Crippen molar-refractivity contribution < 1.29 is 4.21 Å². The number of aliphatic imine (C=N–C) groups is 1. The summed E-state index contributed by atoms with van der Waals surface area (Å²) in [5.41, 5.74) is 2.47. The first kappa shape index (κ1) is 22.6. The molecule has 0 aliphatic rings. The molecule has 26 heavy (non-hydrogen) atoms. The number of rotatable bonds is 9. The van der Waals surface area contributed by atoms with Crippen molar-refractivity contribution in [3.05, 3.63) is 71.8 Å². The molecule has 0 aromatic heterocycles. The number of halogens is 1. The summed E-state index contributed by atoms with van der Waals surface area (Å²) < 4.78 is 12.1. The number of aryl methyl sites for hydroxylation is 1. The maximum Gasteiger partial charge on any atom is 0.191 e. The van der Waals surface area contributed by atoms with Gasteiger partial charge in [-0.2, -0.15) is 0 Å². The summed E-state index contributed by atoms with van der Waals surface area (Å²) >= 11 is 0. The summed E-state index contributed by atoms with van der Waals surface area (Å²) in [6.07, 6.45) is 2.09. The van der Waals surface area contributed by atoms with E-state index in [1.807, 2.05) is 36.4 Å². The molecule has 1 unspecified atom stereocenters. The largest absolute Gasteiger partial charge is 0.356 e. The Morgan fingerprint density at radius 2 is 1.50 bits per heavy atom. The van der Waals surface area contributed by atoms with Gasteiger partial charge in [0.05, 0.1) is 0 Å². The monoisotopic (exact) mass is 485 g/mol. The van der Waals surface area contributed by atoms with Crippen LogP contribution in [0.2, 0.25) is 0 Å². The molecule has 0 spiro atoms. The summed E-state index contributed by atoms with van der Waals surface area (Å²) in [4.78, 5) is 4.21. The zero-order chi connectivity index (χ0) is 17.7. The van der Waals surface area contributed by atoms with Gasteiger partial charge in [-0.1, -0.05) is 60.7 Å². The number of nitrogens with zero attached hydrogens (tertiary/aromatic N) is 1. The molecule has 2 aromatic rings. The van der Waals surface area contributed by atoms with Crippen molar-refractivity contribution in [3.8, 4) is 0 Å². The molecule has 0 saturated carbocycles. The molecule has 6 heteroatoms. The molecule has 0 heterocycles. The Morgan fingerprint density at radius 1 is 0.923 bits per heavy atom. The average molecular weight is 485 g/mol. The van der Waals surface area contributed by atoms with Crippen molar-refractivity contribution >= 4 is 40.7 Å². The summed E-state index contributed by atoms with van der Waals surface area (Å²) in [6, 6.07) is 20.4. The SMILES string of the molecule is CN=C(NCCCc1ccccc1)NCCS(=O)Cc1ccccc1.I. The van der Waals surface area contributed by atoms with Crippen molar-refractivity contribution in [2.24, 2.45) is 4.99 Å². The molecule has 2 rings (SSSR count). The lowest BCUT2D eigenvalue weighted by Crippen LogP contribution is -2.39. The Balaban J connectivity index is 0.00000338. The van der Waals surface area contributed by atoms with Crippen LogP contribution in [0.5, 0.6) is 0 Å². The molecule has 0 amide bonds. The Hall–Kier alpha value is -1.41. The fraction of sp³-hybridized carbons (Fsp3) is 0.350. The minimum Gasteiger partial charge on any atom is -0.356 e. The third-order valence-corrected chi connectivity index (χ3v) is 5.11. The molecule has 0 fully saturated rings. The Kier molecular flexibility index (Phi) is 12.0. The number of benzene rings is 2. The smallest absolute Gasteiger partial charge is 0.191 e. The van der Waals surface area contributed by atoms with Crippen LogP contribution in [0, 0.1) is 0 Å². The number of guanidine groups is 1. The molecule has 2 aromatic carbocycles. The maximum absolute atomic E-state index is 12.1.